The molecule has 0 aliphatic carbocycles. The lowest BCUT2D eigenvalue weighted by atomic mass is 9.96. The van der Waals surface area contributed by atoms with Gasteiger partial charge >= 0.3 is 0 Å². The lowest BCUT2D eigenvalue weighted by Gasteiger charge is -2.09. The summed E-state index contributed by atoms with van der Waals surface area (Å²) < 4.78 is 2.49. The van der Waals surface area contributed by atoms with E-state index in [1.807, 2.05) is 72.0 Å². The summed E-state index contributed by atoms with van der Waals surface area (Å²) in [6.45, 7) is 0. The second-order valence-electron chi connectivity index (χ2n) is 10.5. The fourth-order valence-corrected chi connectivity index (χ4v) is 6.84. The van der Waals surface area contributed by atoms with Gasteiger partial charge in [0.1, 0.15) is 0 Å². The summed E-state index contributed by atoms with van der Waals surface area (Å²) >= 11 is 1.83. The van der Waals surface area contributed by atoms with Crippen molar-refractivity contribution in [3.63, 3.8) is 0 Å². The maximum absolute atomic E-state index is 4.96. The van der Waals surface area contributed by atoms with Crippen LogP contribution >= 0.6 is 11.3 Å². The molecule has 202 valence electrons. The minimum atomic E-state index is 0.666. The van der Waals surface area contributed by atoms with E-state index in [1.165, 1.54) is 42.4 Å². The largest absolute Gasteiger partial charge is 0.208 e. The monoisotopic (exact) mass is 567 g/mol. The fraction of sp³-hybridized carbons (Fsp3) is 0. The number of fused-ring (bicyclic) bond motifs is 3. The van der Waals surface area contributed by atoms with Crippen molar-refractivity contribution < 1.29 is 0 Å². The molecule has 8 aromatic rings. The van der Waals surface area contributed by atoms with Crippen LogP contribution in [0.1, 0.15) is 0 Å². The quantitative estimate of drug-likeness (QED) is 0.208. The van der Waals surface area contributed by atoms with Gasteiger partial charge in [-0.2, -0.15) is 0 Å². The van der Waals surface area contributed by atoms with Gasteiger partial charge in [-0.15, -0.1) is 11.3 Å². The van der Waals surface area contributed by atoms with Crippen LogP contribution in [0.5, 0.6) is 0 Å². The van der Waals surface area contributed by atoms with Gasteiger partial charge in [0.2, 0.25) is 0 Å². The van der Waals surface area contributed by atoms with Crippen molar-refractivity contribution in [2.45, 2.75) is 0 Å². The lowest BCUT2D eigenvalue weighted by Crippen LogP contribution is -1.99. The minimum Gasteiger partial charge on any atom is -0.208 e. The standard InChI is InChI=1S/C39H25N3S/c1-5-13-26(14-6-1)31-23-33(27-15-7-2-8-16-27)36-34(24-31)32-22-21-30(25-35(32)43-36)39-41-37(28-17-9-3-10-18-28)40-38(42-39)29-19-11-4-12-20-29/h1-25H. The highest BCUT2D eigenvalue weighted by molar-refractivity contribution is 7.26. The van der Waals surface area contributed by atoms with Crippen LogP contribution in [-0.4, -0.2) is 15.0 Å². The molecule has 0 atom stereocenters. The molecular weight excluding hydrogens is 543 g/mol. The summed E-state index contributed by atoms with van der Waals surface area (Å²) in [4.78, 5) is 14.8. The Morgan fingerprint density at radius 2 is 0.837 bits per heavy atom. The van der Waals surface area contributed by atoms with Crippen LogP contribution in [0.25, 0.3) is 76.6 Å². The van der Waals surface area contributed by atoms with Gasteiger partial charge in [0, 0.05) is 42.4 Å². The van der Waals surface area contributed by atoms with Gasteiger partial charge in [0.15, 0.2) is 17.5 Å². The molecule has 0 radical (unpaired) electrons. The van der Waals surface area contributed by atoms with E-state index in [1.54, 1.807) is 0 Å². The predicted molar refractivity (Wildman–Crippen MR) is 180 cm³/mol. The van der Waals surface area contributed by atoms with Gasteiger partial charge in [-0.3, -0.25) is 0 Å². The summed E-state index contributed by atoms with van der Waals surface area (Å²) in [5, 5.41) is 2.50. The van der Waals surface area contributed by atoms with Crippen molar-refractivity contribution in [2.24, 2.45) is 0 Å². The van der Waals surface area contributed by atoms with Crippen molar-refractivity contribution >= 4 is 31.5 Å². The number of aromatic nitrogens is 3. The Kier molecular flexibility index (Phi) is 6.32. The number of rotatable bonds is 5. The molecule has 8 rings (SSSR count). The summed E-state index contributed by atoms with van der Waals surface area (Å²) in [5.74, 6) is 2.00. The van der Waals surface area contributed by atoms with Gasteiger partial charge in [-0.05, 0) is 34.9 Å². The number of hydrogen-bond acceptors (Lipinski definition) is 4. The van der Waals surface area contributed by atoms with Crippen molar-refractivity contribution in [2.75, 3.05) is 0 Å². The van der Waals surface area contributed by atoms with Crippen molar-refractivity contribution in [1.29, 1.82) is 0 Å². The molecule has 0 aliphatic heterocycles. The first-order valence-corrected chi connectivity index (χ1v) is 15.1. The fourth-order valence-electron chi connectivity index (χ4n) is 5.58. The third-order valence-electron chi connectivity index (χ3n) is 7.72. The van der Waals surface area contributed by atoms with Gasteiger partial charge in [0.05, 0.1) is 0 Å². The van der Waals surface area contributed by atoms with E-state index in [2.05, 4.69) is 91.0 Å². The van der Waals surface area contributed by atoms with E-state index < -0.39 is 0 Å². The third kappa shape index (κ3) is 4.78. The Balaban J connectivity index is 1.33. The molecule has 0 bridgehead atoms. The molecule has 0 saturated carbocycles. The zero-order valence-electron chi connectivity index (χ0n) is 23.2. The van der Waals surface area contributed by atoms with Crippen molar-refractivity contribution in [3.8, 4) is 56.4 Å². The van der Waals surface area contributed by atoms with Gasteiger partial charge in [-0.1, -0.05) is 133 Å². The highest BCUT2D eigenvalue weighted by Gasteiger charge is 2.16. The molecule has 3 nitrogen and oxygen atoms in total. The summed E-state index contributed by atoms with van der Waals surface area (Å²) in [5.41, 5.74) is 7.80. The molecule has 43 heavy (non-hydrogen) atoms. The molecule has 0 N–H and O–H groups in total. The van der Waals surface area contributed by atoms with Crippen LogP contribution in [0.3, 0.4) is 0 Å². The Hall–Kier alpha value is -5.45. The molecule has 0 fully saturated rings. The SMILES string of the molecule is c1ccc(-c2cc(-c3ccccc3)c3sc4cc(-c5nc(-c6ccccc6)nc(-c6ccccc6)n5)ccc4c3c2)cc1. The zero-order chi connectivity index (χ0) is 28.6. The van der Waals surface area contributed by atoms with Crippen molar-refractivity contribution in [1.82, 2.24) is 15.0 Å². The van der Waals surface area contributed by atoms with Crippen LogP contribution in [0.4, 0.5) is 0 Å². The number of thiophene rings is 1. The molecule has 0 aliphatic rings. The normalized spacial score (nSPS) is 11.3. The highest BCUT2D eigenvalue weighted by atomic mass is 32.1. The average molecular weight is 568 g/mol. The smallest absolute Gasteiger partial charge is 0.164 e. The molecule has 4 heteroatoms. The lowest BCUT2D eigenvalue weighted by molar-refractivity contribution is 1.07. The summed E-state index contributed by atoms with van der Waals surface area (Å²) in [6, 6.07) is 52.8. The second kappa shape index (κ2) is 10.8. The maximum atomic E-state index is 4.96. The van der Waals surface area contributed by atoms with E-state index in [0.29, 0.717) is 17.5 Å². The molecule has 2 aromatic heterocycles. The summed E-state index contributed by atoms with van der Waals surface area (Å²) in [6.07, 6.45) is 0. The van der Waals surface area contributed by atoms with E-state index in [9.17, 15) is 0 Å². The molecule has 0 unspecified atom stereocenters. The number of hydrogen-bond donors (Lipinski definition) is 0. The number of nitrogens with zero attached hydrogens (tertiary/aromatic N) is 3. The molecule has 0 amide bonds. The molecule has 6 aromatic carbocycles. The second-order valence-corrected chi connectivity index (χ2v) is 11.5. The van der Waals surface area contributed by atoms with Crippen molar-refractivity contribution in [3.05, 3.63) is 152 Å². The van der Waals surface area contributed by atoms with E-state index >= 15 is 0 Å². The topological polar surface area (TPSA) is 38.7 Å². The van der Waals surface area contributed by atoms with Crippen LogP contribution in [-0.2, 0) is 0 Å². The first-order valence-electron chi connectivity index (χ1n) is 14.3. The van der Waals surface area contributed by atoms with Crippen LogP contribution < -0.4 is 0 Å². The Labute approximate surface area is 253 Å². The molecule has 0 saturated heterocycles. The Bertz CT molecular complexity index is 2150. The average Bonchev–Trinajstić information content (AvgIpc) is 3.47. The van der Waals surface area contributed by atoms with Crippen LogP contribution in [0.2, 0.25) is 0 Å². The molecule has 0 spiro atoms. The predicted octanol–water partition coefficient (Wildman–Crippen LogP) is 10.6. The first-order chi connectivity index (χ1) is 21.3. The van der Waals surface area contributed by atoms with Gasteiger partial charge < -0.3 is 0 Å². The van der Waals surface area contributed by atoms with Gasteiger partial charge in [-0.25, -0.2) is 15.0 Å². The molecular formula is C39H25N3S. The zero-order valence-corrected chi connectivity index (χ0v) is 24.0. The van der Waals surface area contributed by atoms with E-state index in [0.717, 1.165) is 16.7 Å². The molecule has 2 heterocycles. The highest BCUT2D eigenvalue weighted by Crippen LogP contribution is 2.43. The van der Waals surface area contributed by atoms with Gasteiger partial charge in [0.25, 0.3) is 0 Å². The Morgan fingerprint density at radius 3 is 1.40 bits per heavy atom. The Morgan fingerprint density at radius 1 is 0.349 bits per heavy atom. The first kappa shape index (κ1) is 25.3. The number of benzene rings is 6. The third-order valence-corrected chi connectivity index (χ3v) is 8.92. The summed E-state index contributed by atoms with van der Waals surface area (Å²) in [7, 11) is 0. The van der Waals surface area contributed by atoms with E-state index in [4.69, 9.17) is 15.0 Å². The minimum absolute atomic E-state index is 0.666. The van der Waals surface area contributed by atoms with Crippen LogP contribution in [0.15, 0.2) is 152 Å². The van der Waals surface area contributed by atoms with E-state index in [-0.39, 0.29) is 0 Å². The maximum Gasteiger partial charge on any atom is 0.164 e. The van der Waals surface area contributed by atoms with Crippen LogP contribution in [0, 0.1) is 0 Å².